The van der Waals surface area contributed by atoms with Crippen LogP contribution in [0.15, 0.2) is 36.5 Å². The number of hydrogen-bond acceptors (Lipinski definition) is 3. The van der Waals surface area contributed by atoms with Gasteiger partial charge in [-0.15, -0.1) is 0 Å². The highest BCUT2D eigenvalue weighted by Gasteiger charge is 2.07. The molecule has 1 unspecified atom stereocenters. The van der Waals surface area contributed by atoms with Crippen LogP contribution in [0.25, 0.3) is 10.9 Å². The molecule has 0 saturated heterocycles. The predicted molar refractivity (Wildman–Crippen MR) is 65.1 cm³/mol. The Hall–Kier alpha value is -1.06. The molecular formula is C12H13NOS. The molecule has 0 saturated carbocycles. The summed E-state index contributed by atoms with van der Waals surface area (Å²) in [7, 11) is 0. The van der Waals surface area contributed by atoms with E-state index in [4.69, 9.17) is 0 Å². The molecule has 1 aromatic heterocycles. The van der Waals surface area contributed by atoms with Gasteiger partial charge in [0, 0.05) is 22.9 Å². The summed E-state index contributed by atoms with van der Waals surface area (Å²) in [5.74, 6) is 0.708. The molecular weight excluding hydrogens is 206 g/mol. The van der Waals surface area contributed by atoms with Gasteiger partial charge in [-0.2, -0.15) is 11.8 Å². The molecule has 2 nitrogen and oxygen atoms in total. The first-order chi connectivity index (χ1) is 7.31. The van der Waals surface area contributed by atoms with Crippen molar-refractivity contribution in [2.24, 2.45) is 0 Å². The van der Waals surface area contributed by atoms with Crippen molar-refractivity contribution in [3.8, 4) is 0 Å². The number of para-hydroxylation sites is 1. The molecule has 0 fully saturated rings. The van der Waals surface area contributed by atoms with E-state index in [1.54, 1.807) is 18.0 Å². The first kappa shape index (κ1) is 10.5. The molecule has 1 N–H and O–H groups in total. The molecule has 2 aromatic rings. The lowest BCUT2D eigenvalue weighted by Crippen LogP contribution is -2.00. The fraction of sp³-hybridized carbons (Fsp3) is 0.250. The number of hydrogen-bond donors (Lipinski definition) is 1. The number of rotatable bonds is 3. The second-order valence-electron chi connectivity index (χ2n) is 3.43. The second-order valence-corrected chi connectivity index (χ2v) is 4.34. The molecule has 0 aliphatic heterocycles. The van der Waals surface area contributed by atoms with Gasteiger partial charge in [-0.25, -0.2) is 0 Å². The molecule has 78 valence electrons. The van der Waals surface area contributed by atoms with Crippen LogP contribution in [-0.4, -0.2) is 22.1 Å². The molecule has 0 amide bonds. The Morgan fingerprint density at radius 3 is 3.00 bits per heavy atom. The van der Waals surface area contributed by atoms with E-state index in [-0.39, 0.29) is 0 Å². The highest BCUT2D eigenvalue weighted by molar-refractivity contribution is 7.98. The van der Waals surface area contributed by atoms with Crippen LogP contribution in [0.2, 0.25) is 0 Å². The van der Waals surface area contributed by atoms with Crippen LogP contribution in [0.4, 0.5) is 0 Å². The van der Waals surface area contributed by atoms with Crippen LogP contribution >= 0.6 is 11.8 Å². The number of nitrogens with zero attached hydrogens (tertiary/aromatic N) is 1. The molecule has 3 heteroatoms. The average molecular weight is 219 g/mol. The number of fused-ring (bicyclic) bond motifs is 1. The Bertz CT molecular complexity index is 458. The molecule has 0 aliphatic carbocycles. The third kappa shape index (κ3) is 2.30. The Labute approximate surface area is 93.3 Å². The largest absolute Gasteiger partial charge is 0.387 e. The third-order valence-electron chi connectivity index (χ3n) is 2.32. The Balaban J connectivity index is 2.38. The number of pyridine rings is 1. The Kier molecular flexibility index (Phi) is 3.23. The van der Waals surface area contributed by atoms with Gasteiger partial charge >= 0.3 is 0 Å². The van der Waals surface area contributed by atoms with E-state index < -0.39 is 6.10 Å². The molecule has 2 rings (SSSR count). The lowest BCUT2D eigenvalue weighted by molar-refractivity contribution is 0.204. The molecule has 0 radical (unpaired) electrons. The van der Waals surface area contributed by atoms with Crippen molar-refractivity contribution in [3.63, 3.8) is 0 Å². The van der Waals surface area contributed by atoms with Crippen molar-refractivity contribution in [2.75, 3.05) is 12.0 Å². The van der Waals surface area contributed by atoms with Crippen molar-refractivity contribution in [1.29, 1.82) is 0 Å². The molecule has 1 heterocycles. The lowest BCUT2D eigenvalue weighted by Gasteiger charge is -2.09. The molecule has 0 aliphatic rings. The van der Waals surface area contributed by atoms with E-state index in [2.05, 4.69) is 4.98 Å². The fourth-order valence-corrected chi connectivity index (χ4v) is 2.03. The summed E-state index contributed by atoms with van der Waals surface area (Å²) in [4.78, 5) is 4.32. The first-order valence-corrected chi connectivity index (χ1v) is 6.22. The minimum Gasteiger partial charge on any atom is -0.387 e. The summed E-state index contributed by atoms with van der Waals surface area (Å²) in [5.41, 5.74) is 1.86. The molecule has 0 bridgehead atoms. The summed E-state index contributed by atoms with van der Waals surface area (Å²) >= 11 is 1.63. The second kappa shape index (κ2) is 4.64. The van der Waals surface area contributed by atoms with Crippen molar-refractivity contribution < 1.29 is 5.11 Å². The normalized spacial score (nSPS) is 12.9. The Morgan fingerprint density at radius 2 is 2.20 bits per heavy atom. The SMILES string of the molecule is CSCC(O)c1cnc2ccccc2c1. The highest BCUT2D eigenvalue weighted by atomic mass is 32.2. The molecule has 1 atom stereocenters. The predicted octanol–water partition coefficient (Wildman–Crippen LogP) is 2.63. The van der Waals surface area contributed by atoms with E-state index >= 15 is 0 Å². The van der Waals surface area contributed by atoms with Gasteiger partial charge in [-0.05, 0) is 18.4 Å². The van der Waals surface area contributed by atoms with Gasteiger partial charge in [0.05, 0.1) is 11.6 Å². The van der Waals surface area contributed by atoms with Gasteiger partial charge in [0.25, 0.3) is 0 Å². The van der Waals surface area contributed by atoms with E-state index in [9.17, 15) is 5.11 Å². The molecule has 1 aromatic carbocycles. The van der Waals surface area contributed by atoms with Crippen molar-refractivity contribution in [3.05, 3.63) is 42.1 Å². The monoisotopic (exact) mass is 219 g/mol. The van der Waals surface area contributed by atoms with E-state index in [1.807, 2.05) is 36.6 Å². The van der Waals surface area contributed by atoms with E-state index in [0.29, 0.717) is 5.75 Å². The van der Waals surface area contributed by atoms with Crippen LogP contribution in [0, 0.1) is 0 Å². The zero-order valence-corrected chi connectivity index (χ0v) is 9.37. The van der Waals surface area contributed by atoms with Crippen LogP contribution in [0.5, 0.6) is 0 Å². The number of aliphatic hydroxyl groups excluding tert-OH is 1. The minimum absolute atomic E-state index is 0.419. The molecule has 0 spiro atoms. The van der Waals surface area contributed by atoms with Gasteiger partial charge in [0.1, 0.15) is 0 Å². The quantitative estimate of drug-likeness (QED) is 0.861. The van der Waals surface area contributed by atoms with Gasteiger partial charge in [-0.3, -0.25) is 4.98 Å². The minimum atomic E-state index is -0.419. The standard InChI is InChI=1S/C12H13NOS/c1-15-8-12(14)10-6-9-4-2-3-5-11(9)13-7-10/h2-7,12,14H,8H2,1H3. The summed E-state index contributed by atoms with van der Waals surface area (Å²) < 4.78 is 0. The van der Waals surface area contributed by atoms with Crippen LogP contribution in [-0.2, 0) is 0 Å². The van der Waals surface area contributed by atoms with Gasteiger partial charge < -0.3 is 5.11 Å². The van der Waals surface area contributed by atoms with Gasteiger partial charge in [0.15, 0.2) is 0 Å². The van der Waals surface area contributed by atoms with Crippen LogP contribution in [0.1, 0.15) is 11.7 Å². The van der Waals surface area contributed by atoms with Crippen LogP contribution < -0.4 is 0 Å². The fourth-order valence-electron chi connectivity index (χ4n) is 1.52. The summed E-state index contributed by atoms with van der Waals surface area (Å²) in [6.45, 7) is 0. The van der Waals surface area contributed by atoms with Crippen LogP contribution in [0.3, 0.4) is 0 Å². The number of benzene rings is 1. The number of thioether (sulfide) groups is 1. The smallest absolute Gasteiger partial charge is 0.0895 e. The molecule has 15 heavy (non-hydrogen) atoms. The zero-order valence-electron chi connectivity index (χ0n) is 8.55. The number of aliphatic hydroxyl groups is 1. The summed E-state index contributed by atoms with van der Waals surface area (Å²) in [5, 5.41) is 10.9. The average Bonchev–Trinajstić information content (AvgIpc) is 2.29. The lowest BCUT2D eigenvalue weighted by atomic mass is 10.1. The summed E-state index contributed by atoms with van der Waals surface area (Å²) in [6.07, 6.45) is 3.32. The van der Waals surface area contributed by atoms with Gasteiger partial charge in [-0.1, -0.05) is 18.2 Å². The Morgan fingerprint density at radius 1 is 1.40 bits per heavy atom. The van der Waals surface area contributed by atoms with Crippen molar-refractivity contribution in [1.82, 2.24) is 4.98 Å². The zero-order chi connectivity index (χ0) is 10.7. The highest BCUT2D eigenvalue weighted by Crippen LogP contribution is 2.20. The third-order valence-corrected chi connectivity index (χ3v) is 2.97. The van der Waals surface area contributed by atoms with Crippen molar-refractivity contribution >= 4 is 22.7 Å². The maximum Gasteiger partial charge on any atom is 0.0895 e. The maximum atomic E-state index is 9.82. The summed E-state index contributed by atoms with van der Waals surface area (Å²) in [6, 6.07) is 9.93. The van der Waals surface area contributed by atoms with Crippen molar-refractivity contribution in [2.45, 2.75) is 6.10 Å². The number of aromatic nitrogens is 1. The van der Waals surface area contributed by atoms with E-state index in [0.717, 1.165) is 16.5 Å². The first-order valence-electron chi connectivity index (χ1n) is 4.83. The topological polar surface area (TPSA) is 33.1 Å². The maximum absolute atomic E-state index is 9.82. The van der Waals surface area contributed by atoms with E-state index in [1.165, 1.54) is 0 Å². The van der Waals surface area contributed by atoms with Gasteiger partial charge in [0.2, 0.25) is 0 Å².